The molecular formula is C18H26N2O3. The van der Waals surface area contributed by atoms with Crippen LogP contribution in [0.15, 0.2) is 24.3 Å². The van der Waals surface area contributed by atoms with Gasteiger partial charge in [-0.1, -0.05) is 26.0 Å². The zero-order valence-corrected chi connectivity index (χ0v) is 14.0. The summed E-state index contributed by atoms with van der Waals surface area (Å²) in [6, 6.07) is 7.59. The van der Waals surface area contributed by atoms with E-state index in [0.717, 1.165) is 12.8 Å². The van der Waals surface area contributed by atoms with Crippen molar-refractivity contribution in [3.05, 3.63) is 29.8 Å². The molecule has 1 aliphatic carbocycles. The number of benzene rings is 1. The molecule has 1 aromatic carbocycles. The molecule has 2 rings (SSSR count). The molecule has 0 aromatic heterocycles. The van der Waals surface area contributed by atoms with Crippen LogP contribution < -0.4 is 15.8 Å². The maximum absolute atomic E-state index is 12.3. The minimum absolute atomic E-state index is 0.173. The maximum Gasteiger partial charge on any atom is 0.261 e. The minimum Gasteiger partial charge on any atom is -0.481 e. The number of nitrogens with two attached hydrogens (primary N) is 1. The first-order valence-corrected chi connectivity index (χ1v) is 8.22. The zero-order chi connectivity index (χ0) is 17.0. The summed E-state index contributed by atoms with van der Waals surface area (Å²) in [5.41, 5.74) is 6.42. The second-order valence-electron chi connectivity index (χ2n) is 6.61. The summed E-state index contributed by atoms with van der Waals surface area (Å²) in [5, 5.41) is 2.90. The topological polar surface area (TPSA) is 81.4 Å². The molecule has 2 atom stereocenters. The molecule has 0 heterocycles. The Bertz CT molecular complexity index is 567. The quantitative estimate of drug-likeness (QED) is 0.772. The molecule has 1 aliphatic rings. The van der Waals surface area contributed by atoms with E-state index < -0.39 is 6.10 Å². The summed E-state index contributed by atoms with van der Waals surface area (Å²) in [6.45, 7) is 5.93. The molecule has 2 unspecified atom stereocenters. The van der Waals surface area contributed by atoms with Crippen molar-refractivity contribution in [2.45, 2.75) is 58.1 Å². The van der Waals surface area contributed by atoms with E-state index in [-0.39, 0.29) is 24.3 Å². The standard InChI is InChI=1S/C18H26N2O3/c1-11(2)14-5-4-6-15(9-14)23-12(3)18(22)20-16(10-17(19)21)13-7-8-13/h4-6,9,11-13,16H,7-8,10H2,1-3H3,(H2,19,21)(H,20,22). The van der Waals surface area contributed by atoms with Crippen LogP contribution in [0.3, 0.4) is 0 Å². The number of rotatable bonds is 8. The number of amides is 2. The smallest absolute Gasteiger partial charge is 0.261 e. The van der Waals surface area contributed by atoms with E-state index >= 15 is 0 Å². The highest BCUT2D eigenvalue weighted by Gasteiger charge is 2.34. The van der Waals surface area contributed by atoms with Crippen molar-refractivity contribution >= 4 is 11.8 Å². The van der Waals surface area contributed by atoms with Crippen molar-refractivity contribution in [1.29, 1.82) is 0 Å². The average Bonchev–Trinajstić information content (AvgIpc) is 3.30. The van der Waals surface area contributed by atoms with Gasteiger partial charge in [-0.2, -0.15) is 0 Å². The van der Waals surface area contributed by atoms with Crippen molar-refractivity contribution in [1.82, 2.24) is 5.32 Å². The molecule has 0 bridgehead atoms. The first kappa shape index (κ1) is 17.3. The Labute approximate surface area is 137 Å². The molecular weight excluding hydrogens is 292 g/mol. The molecule has 1 fully saturated rings. The molecule has 0 aliphatic heterocycles. The van der Waals surface area contributed by atoms with Crippen molar-refractivity contribution in [2.24, 2.45) is 11.7 Å². The third-order valence-electron chi connectivity index (χ3n) is 4.15. The Morgan fingerprint density at radius 2 is 2.00 bits per heavy atom. The molecule has 126 valence electrons. The van der Waals surface area contributed by atoms with Gasteiger partial charge in [-0.25, -0.2) is 0 Å². The molecule has 2 amide bonds. The third-order valence-corrected chi connectivity index (χ3v) is 4.15. The van der Waals surface area contributed by atoms with Crippen LogP contribution in [0, 0.1) is 5.92 Å². The number of carbonyl (C=O) groups is 2. The molecule has 1 saturated carbocycles. The first-order valence-electron chi connectivity index (χ1n) is 8.22. The number of primary amides is 1. The number of nitrogens with one attached hydrogen (secondary N) is 1. The maximum atomic E-state index is 12.3. The fraction of sp³-hybridized carbons (Fsp3) is 0.556. The van der Waals surface area contributed by atoms with Gasteiger partial charge < -0.3 is 15.8 Å². The molecule has 5 nitrogen and oxygen atoms in total. The monoisotopic (exact) mass is 318 g/mol. The molecule has 0 saturated heterocycles. The summed E-state index contributed by atoms with van der Waals surface area (Å²) in [6.07, 6.45) is 1.63. The van der Waals surface area contributed by atoms with Gasteiger partial charge in [0.05, 0.1) is 0 Å². The lowest BCUT2D eigenvalue weighted by Crippen LogP contribution is -2.45. The van der Waals surface area contributed by atoms with E-state index in [0.29, 0.717) is 17.6 Å². The number of hydrogen-bond acceptors (Lipinski definition) is 3. The highest BCUT2D eigenvalue weighted by molar-refractivity contribution is 5.82. The van der Waals surface area contributed by atoms with Gasteiger partial charge in [-0.3, -0.25) is 9.59 Å². The van der Waals surface area contributed by atoms with Crippen molar-refractivity contribution < 1.29 is 14.3 Å². The Kier molecular flexibility index (Phi) is 5.64. The SMILES string of the molecule is CC(Oc1cccc(C(C)C)c1)C(=O)NC(CC(N)=O)C1CC1. The van der Waals surface area contributed by atoms with E-state index in [4.69, 9.17) is 10.5 Å². The van der Waals surface area contributed by atoms with Crippen LogP contribution in [-0.4, -0.2) is 24.0 Å². The summed E-state index contributed by atoms with van der Waals surface area (Å²) in [5.74, 6) is 0.843. The summed E-state index contributed by atoms with van der Waals surface area (Å²) >= 11 is 0. The van der Waals surface area contributed by atoms with E-state index in [1.807, 2.05) is 24.3 Å². The zero-order valence-electron chi connectivity index (χ0n) is 14.0. The van der Waals surface area contributed by atoms with Gasteiger partial charge in [0.2, 0.25) is 5.91 Å². The van der Waals surface area contributed by atoms with E-state index in [2.05, 4.69) is 19.2 Å². The summed E-state index contributed by atoms with van der Waals surface area (Å²) < 4.78 is 5.74. The molecule has 0 spiro atoms. The summed E-state index contributed by atoms with van der Waals surface area (Å²) in [7, 11) is 0. The molecule has 1 aromatic rings. The van der Waals surface area contributed by atoms with Crippen molar-refractivity contribution in [2.75, 3.05) is 0 Å². The fourth-order valence-corrected chi connectivity index (χ4v) is 2.56. The van der Waals surface area contributed by atoms with Crippen molar-refractivity contribution in [3.8, 4) is 5.75 Å². The Morgan fingerprint density at radius 3 is 2.57 bits per heavy atom. The highest BCUT2D eigenvalue weighted by atomic mass is 16.5. The second-order valence-corrected chi connectivity index (χ2v) is 6.61. The van der Waals surface area contributed by atoms with Crippen LogP contribution in [0.25, 0.3) is 0 Å². The lowest BCUT2D eigenvalue weighted by Gasteiger charge is -2.21. The van der Waals surface area contributed by atoms with Crippen LogP contribution in [0.1, 0.15) is 51.5 Å². The third kappa shape index (κ3) is 5.27. The van der Waals surface area contributed by atoms with Gasteiger partial charge in [0, 0.05) is 12.5 Å². The summed E-state index contributed by atoms with van der Waals surface area (Å²) in [4.78, 5) is 23.4. The van der Waals surface area contributed by atoms with E-state index in [1.165, 1.54) is 5.56 Å². The van der Waals surface area contributed by atoms with Gasteiger partial charge in [-0.05, 0) is 49.3 Å². The fourth-order valence-electron chi connectivity index (χ4n) is 2.56. The average molecular weight is 318 g/mol. The lowest BCUT2D eigenvalue weighted by atomic mass is 10.0. The molecule has 3 N–H and O–H groups in total. The predicted octanol–water partition coefficient (Wildman–Crippen LogP) is 2.35. The Hall–Kier alpha value is -2.04. The number of hydrogen-bond donors (Lipinski definition) is 2. The molecule has 5 heteroatoms. The van der Waals surface area contributed by atoms with E-state index in [1.54, 1.807) is 6.92 Å². The Morgan fingerprint density at radius 1 is 1.30 bits per heavy atom. The van der Waals surface area contributed by atoms with Crippen molar-refractivity contribution in [3.63, 3.8) is 0 Å². The molecule has 0 radical (unpaired) electrons. The van der Waals surface area contributed by atoms with Crippen LogP contribution >= 0.6 is 0 Å². The van der Waals surface area contributed by atoms with Gasteiger partial charge in [0.25, 0.3) is 5.91 Å². The van der Waals surface area contributed by atoms with Gasteiger partial charge in [0.15, 0.2) is 6.10 Å². The van der Waals surface area contributed by atoms with Gasteiger partial charge in [-0.15, -0.1) is 0 Å². The molecule has 23 heavy (non-hydrogen) atoms. The van der Waals surface area contributed by atoms with Crippen LogP contribution in [-0.2, 0) is 9.59 Å². The number of carbonyl (C=O) groups excluding carboxylic acids is 2. The predicted molar refractivity (Wildman–Crippen MR) is 89.1 cm³/mol. The second kappa shape index (κ2) is 7.49. The van der Waals surface area contributed by atoms with Crippen LogP contribution in [0.2, 0.25) is 0 Å². The van der Waals surface area contributed by atoms with Gasteiger partial charge in [0.1, 0.15) is 5.75 Å². The van der Waals surface area contributed by atoms with Crippen LogP contribution in [0.5, 0.6) is 5.75 Å². The highest BCUT2D eigenvalue weighted by Crippen LogP contribution is 2.34. The largest absolute Gasteiger partial charge is 0.481 e. The minimum atomic E-state index is -0.619. The first-order chi connectivity index (χ1) is 10.9. The Balaban J connectivity index is 1.93. The van der Waals surface area contributed by atoms with Gasteiger partial charge >= 0.3 is 0 Å². The van der Waals surface area contributed by atoms with E-state index in [9.17, 15) is 9.59 Å². The van der Waals surface area contributed by atoms with Crippen LogP contribution in [0.4, 0.5) is 0 Å². The number of ether oxygens (including phenoxy) is 1. The normalized spacial score (nSPS) is 16.7. The lowest BCUT2D eigenvalue weighted by molar-refractivity contribution is -0.128.